The van der Waals surface area contributed by atoms with Gasteiger partial charge >= 0.3 is 0 Å². The molecule has 21 heavy (non-hydrogen) atoms. The molecule has 0 saturated carbocycles. The lowest BCUT2D eigenvalue weighted by Gasteiger charge is -2.22. The Balaban J connectivity index is 2.09. The summed E-state index contributed by atoms with van der Waals surface area (Å²) in [6.45, 7) is 8.21. The van der Waals surface area contributed by atoms with Crippen LogP contribution in [0.25, 0.3) is 0 Å². The third kappa shape index (κ3) is 10.2. The SMILES string of the molecule is CCCSCC(C)=CCCC(C)=CCOC1CCCCO1. The third-order valence-electron chi connectivity index (χ3n) is 3.56. The van der Waals surface area contributed by atoms with Crippen LogP contribution in [0.5, 0.6) is 0 Å². The summed E-state index contributed by atoms with van der Waals surface area (Å²) in [5, 5.41) is 0. The van der Waals surface area contributed by atoms with E-state index < -0.39 is 0 Å². The maximum Gasteiger partial charge on any atom is 0.157 e. The number of hydrogen-bond acceptors (Lipinski definition) is 3. The van der Waals surface area contributed by atoms with Gasteiger partial charge < -0.3 is 9.47 Å². The lowest BCUT2D eigenvalue weighted by molar-refractivity contribution is -0.155. The van der Waals surface area contributed by atoms with E-state index in [1.807, 2.05) is 11.8 Å². The van der Waals surface area contributed by atoms with Gasteiger partial charge in [-0.3, -0.25) is 0 Å². The van der Waals surface area contributed by atoms with Crippen molar-refractivity contribution in [1.29, 1.82) is 0 Å². The summed E-state index contributed by atoms with van der Waals surface area (Å²) in [4.78, 5) is 0. The van der Waals surface area contributed by atoms with E-state index in [1.54, 1.807) is 0 Å². The van der Waals surface area contributed by atoms with Gasteiger partial charge in [0, 0.05) is 12.4 Å². The number of allylic oxidation sites excluding steroid dienone is 2. The van der Waals surface area contributed by atoms with E-state index in [1.165, 1.54) is 41.9 Å². The highest BCUT2D eigenvalue weighted by molar-refractivity contribution is 7.99. The maximum absolute atomic E-state index is 5.73. The molecule has 1 heterocycles. The summed E-state index contributed by atoms with van der Waals surface area (Å²) in [5.41, 5.74) is 2.92. The first-order valence-electron chi connectivity index (χ1n) is 8.34. The highest BCUT2D eigenvalue weighted by Crippen LogP contribution is 2.15. The Morgan fingerprint density at radius 3 is 2.81 bits per heavy atom. The lowest BCUT2D eigenvalue weighted by Crippen LogP contribution is -2.22. The zero-order valence-electron chi connectivity index (χ0n) is 14.0. The number of hydrogen-bond donors (Lipinski definition) is 0. The summed E-state index contributed by atoms with van der Waals surface area (Å²) >= 11 is 2.03. The Morgan fingerprint density at radius 2 is 2.10 bits per heavy atom. The number of thioether (sulfide) groups is 1. The molecule has 1 aliphatic rings. The zero-order chi connectivity index (χ0) is 15.3. The number of rotatable bonds is 10. The average Bonchev–Trinajstić information content (AvgIpc) is 2.48. The predicted molar refractivity (Wildman–Crippen MR) is 93.9 cm³/mol. The van der Waals surface area contributed by atoms with Gasteiger partial charge in [0.15, 0.2) is 6.29 Å². The molecule has 2 nitrogen and oxygen atoms in total. The molecule has 1 unspecified atom stereocenters. The van der Waals surface area contributed by atoms with Crippen molar-refractivity contribution in [3.63, 3.8) is 0 Å². The lowest BCUT2D eigenvalue weighted by atomic mass is 10.1. The van der Waals surface area contributed by atoms with Crippen LogP contribution >= 0.6 is 11.8 Å². The second kappa shape index (κ2) is 12.3. The van der Waals surface area contributed by atoms with Crippen LogP contribution < -0.4 is 0 Å². The minimum atomic E-state index is 0.0283. The van der Waals surface area contributed by atoms with Crippen molar-refractivity contribution in [3.05, 3.63) is 23.3 Å². The van der Waals surface area contributed by atoms with Gasteiger partial charge in [0.05, 0.1) is 6.61 Å². The molecule has 1 aliphatic heterocycles. The van der Waals surface area contributed by atoms with E-state index in [-0.39, 0.29) is 6.29 Å². The normalized spacial score (nSPS) is 20.8. The van der Waals surface area contributed by atoms with Gasteiger partial charge in [0.2, 0.25) is 0 Å². The van der Waals surface area contributed by atoms with Crippen LogP contribution in [0, 0.1) is 0 Å². The minimum absolute atomic E-state index is 0.0283. The molecule has 3 heteroatoms. The van der Waals surface area contributed by atoms with E-state index in [0.29, 0.717) is 6.61 Å². The molecule has 0 N–H and O–H groups in total. The van der Waals surface area contributed by atoms with Gasteiger partial charge in [-0.05, 0) is 58.1 Å². The summed E-state index contributed by atoms with van der Waals surface area (Å²) in [6.07, 6.45) is 11.6. The third-order valence-corrected chi connectivity index (χ3v) is 4.92. The first-order valence-corrected chi connectivity index (χ1v) is 9.50. The topological polar surface area (TPSA) is 18.5 Å². The molecule has 1 atom stereocenters. The second-order valence-corrected chi connectivity index (χ2v) is 6.93. The second-order valence-electron chi connectivity index (χ2n) is 5.82. The van der Waals surface area contributed by atoms with E-state index >= 15 is 0 Å². The largest absolute Gasteiger partial charge is 0.353 e. The predicted octanol–water partition coefficient (Wildman–Crippen LogP) is 5.35. The summed E-state index contributed by atoms with van der Waals surface area (Å²) < 4.78 is 11.3. The van der Waals surface area contributed by atoms with E-state index in [2.05, 4.69) is 32.9 Å². The standard InChI is InChI=1S/C18H32O2S/c1-4-14-21-15-17(3)9-7-8-16(2)11-13-20-18-10-5-6-12-19-18/h9,11,18H,4-8,10,12-15H2,1-3H3. The van der Waals surface area contributed by atoms with Crippen LogP contribution in [0.3, 0.4) is 0 Å². The Morgan fingerprint density at radius 1 is 1.24 bits per heavy atom. The summed E-state index contributed by atoms with van der Waals surface area (Å²) in [6, 6.07) is 0. The Hall–Kier alpha value is -0.250. The molecule has 0 aromatic rings. The number of ether oxygens (including phenoxy) is 2. The molecule has 0 radical (unpaired) electrons. The Labute approximate surface area is 135 Å². The fourth-order valence-electron chi connectivity index (χ4n) is 2.23. The smallest absolute Gasteiger partial charge is 0.157 e. The maximum atomic E-state index is 5.73. The average molecular weight is 313 g/mol. The molecule has 0 aromatic heterocycles. The van der Waals surface area contributed by atoms with Crippen molar-refractivity contribution in [1.82, 2.24) is 0 Å². The van der Waals surface area contributed by atoms with Gasteiger partial charge in [-0.25, -0.2) is 0 Å². The van der Waals surface area contributed by atoms with Crippen molar-refractivity contribution < 1.29 is 9.47 Å². The van der Waals surface area contributed by atoms with E-state index in [9.17, 15) is 0 Å². The molecule has 0 amide bonds. The van der Waals surface area contributed by atoms with Crippen molar-refractivity contribution in [2.75, 3.05) is 24.7 Å². The van der Waals surface area contributed by atoms with Gasteiger partial charge in [-0.2, -0.15) is 11.8 Å². The van der Waals surface area contributed by atoms with Crippen LogP contribution in [0.4, 0.5) is 0 Å². The fourth-order valence-corrected chi connectivity index (χ4v) is 3.10. The van der Waals surface area contributed by atoms with Crippen LogP contribution in [0.1, 0.15) is 59.3 Å². The molecular weight excluding hydrogens is 280 g/mol. The Kier molecular flexibility index (Phi) is 11.0. The van der Waals surface area contributed by atoms with Gasteiger partial charge in [-0.15, -0.1) is 0 Å². The minimum Gasteiger partial charge on any atom is -0.353 e. The molecule has 0 bridgehead atoms. The molecule has 0 spiro atoms. The molecule has 1 fully saturated rings. The molecule has 122 valence electrons. The Bertz CT molecular complexity index is 317. The quantitative estimate of drug-likeness (QED) is 0.400. The first-order chi connectivity index (χ1) is 10.2. The van der Waals surface area contributed by atoms with Crippen molar-refractivity contribution >= 4 is 11.8 Å². The highest BCUT2D eigenvalue weighted by atomic mass is 32.2. The molecular formula is C18H32O2S. The summed E-state index contributed by atoms with van der Waals surface area (Å²) in [5.74, 6) is 2.45. The molecule has 0 aliphatic carbocycles. The van der Waals surface area contributed by atoms with Crippen LogP contribution in [-0.4, -0.2) is 31.0 Å². The van der Waals surface area contributed by atoms with Crippen molar-refractivity contribution in [2.24, 2.45) is 0 Å². The highest BCUT2D eigenvalue weighted by Gasteiger charge is 2.12. The summed E-state index contributed by atoms with van der Waals surface area (Å²) in [7, 11) is 0. The van der Waals surface area contributed by atoms with E-state index in [4.69, 9.17) is 9.47 Å². The molecule has 0 aromatic carbocycles. The van der Waals surface area contributed by atoms with Crippen LogP contribution in [0.2, 0.25) is 0 Å². The molecule has 1 saturated heterocycles. The first kappa shape index (κ1) is 18.8. The molecule has 1 rings (SSSR count). The zero-order valence-corrected chi connectivity index (χ0v) is 14.8. The van der Waals surface area contributed by atoms with Crippen LogP contribution in [-0.2, 0) is 9.47 Å². The van der Waals surface area contributed by atoms with Crippen molar-refractivity contribution in [2.45, 2.75) is 65.6 Å². The van der Waals surface area contributed by atoms with Crippen LogP contribution in [0.15, 0.2) is 23.3 Å². The van der Waals surface area contributed by atoms with E-state index in [0.717, 1.165) is 25.9 Å². The van der Waals surface area contributed by atoms with Gasteiger partial charge in [0.1, 0.15) is 0 Å². The van der Waals surface area contributed by atoms with Gasteiger partial charge in [-0.1, -0.05) is 30.2 Å². The van der Waals surface area contributed by atoms with Gasteiger partial charge in [0.25, 0.3) is 0 Å². The fraction of sp³-hybridized carbons (Fsp3) is 0.778. The monoisotopic (exact) mass is 312 g/mol. The van der Waals surface area contributed by atoms with Crippen molar-refractivity contribution in [3.8, 4) is 0 Å².